The van der Waals surface area contributed by atoms with Gasteiger partial charge in [-0.15, -0.1) is 0 Å². The Morgan fingerprint density at radius 1 is 1.03 bits per heavy atom. The Hall–Kier alpha value is -3.71. The minimum atomic E-state index is 0.666. The Morgan fingerprint density at radius 2 is 1.90 bits per heavy atom. The van der Waals surface area contributed by atoms with Gasteiger partial charge in [-0.25, -0.2) is 4.98 Å². The van der Waals surface area contributed by atoms with E-state index in [0.29, 0.717) is 6.54 Å². The average molecular weight is 428 g/mol. The van der Waals surface area contributed by atoms with Crippen LogP contribution in [0, 0.1) is 6.92 Å². The SMILES string of the molecule is Cc1nc(NCc2ccccc2-c2ccco2)sc1-c1ccn(Cc2ccncc2)n1. The zero-order valence-electron chi connectivity index (χ0n) is 17.0. The van der Waals surface area contributed by atoms with E-state index in [4.69, 9.17) is 14.5 Å². The van der Waals surface area contributed by atoms with Crippen molar-refractivity contribution >= 4 is 16.5 Å². The third kappa shape index (κ3) is 4.27. The van der Waals surface area contributed by atoms with Crippen LogP contribution < -0.4 is 5.32 Å². The third-order valence-electron chi connectivity index (χ3n) is 5.00. The van der Waals surface area contributed by atoms with Crippen LogP contribution in [0.1, 0.15) is 16.8 Å². The first-order valence-electron chi connectivity index (χ1n) is 10.0. The predicted molar refractivity (Wildman–Crippen MR) is 123 cm³/mol. The molecule has 4 aromatic heterocycles. The molecule has 0 radical (unpaired) electrons. The number of pyridine rings is 1. The van der Waals surface area contributed by atoms with Crippen LogP contribution in [0.15, 0.2) is 83.9 Å². The number of hydrogen-bond donors (Lipinski definition) is 1. The molecule has 0 aliphatic carbocycles. The van der Waals surface area contributed by atoms with Crippen molar-refractivity contribution < 1.29 is 4.42 Å². The molecular weight excluding hydrogens is 406 g/mol. The molecule has 0 saturated heterocycles. The van der Waals surface area contributed by atoms with E-state index < -0.39 is 0 Å². The first-order chi connectivity index (χ1) is 15.3. The Bertz CT molecular complexity index is 1270. The molecule has 7 heteroatoms. The van der Waals surface area contributed by atoms with Gasteiger partial charge < -0.3 is 9.73 Å². The molecule has 5 aromatic rings. The van der Waals surface area contributed by atoms with Crippen LogP contribution in [0.3, 0.4) is 0 Å². The highest BCUT2D eigenvalue weighted by atomic mass is 32.1. The number of nitrogens with one attached hydrogen (secondary N) is 1. The molecule has 6 nitrogen and oxygen atoms in total. The number of nitrogens with zero attached hydrogens (tertiary/aromatic N) is 4. The van der Waals surface area contributed by atoms with Crippen molar-refractivity contribution in [1.82, 2.24) is 19.7 Å². The fourth-order valence-corrected chi connectivity index (χ4v) is 4.40. The molecule has 0 aliphatic heterocycles. The lowest BCUT2D eigenvalue weighted by Crippen LogP contribution is -2.00. The van der Waals surface area contributed by atoms with Crippen molar-refractivity contribution in [2.45, 2.75) is 20.0 Å². The third-order valence-corrected chi connectivity index (χ3v) is 6.14. The molecule has 1 N–H and O–H groups in total. The molecule has 0 fully saturated rings. The zero-order valence-corrected chi connectivity index (χ0v) is 17.8. The lowest BCUT2D eigenvalue weighted by molar-refractivity contribution is 0.581. The Kier molecular flexibility index (Phi) is 5.33. The number of rotatable bonds is 7. The second kappa shape index (κ2) is 8.57. The summed E-state index contributed by atoms with van der Waals surface area (Å²) in [6, 6.07) is 18.2. The number of thiazole rings is 1. The monoisotopic (exact) mass is 427 g/mol. The topological polar surface area (TPSA) is 68.8 Å². The molecule has 31 heavy (non-hydrogen) atoms. The standard InChI is InChI=1S/C24H21N5OS/c1-17-23(21-10-13-29(28-21)16-18-8-11-25-12-9-18)31-24(27-17)26-15-19-5-2-3-6-20(19)22-7-4-14-30-22/h2-14H,15-16H2,1H3,(H,26,27). The molecule has 5 rings (SSSR count). The van der Waals surface area contributed by atoms with Gasteiger partial charge in [0, 0.05) is 30.7 Å². The van der Waals surface area contributed by atoms with Crippen LogP contribution >= 0.6 is 11.3 Å². The highest BCUT2D eigenvalue weighted by Crippen LogP contribution is 2.32. The Morgan fingerprint density at radius 3 is 2.74 bits per heavy atom. The molecule has 1 aromatic carbocycles. The maximum Gasteiger partial charge on any atom is 0.183 e. The van der Waals surface area contributed by atoms with Crippen molar-refractivity contribution in [1.29, 1.82) is 0 Å². The molecule has 0 aliphatic rings. The molecule has 154 valence electrons. The van der Waals surface area contributed by atoms with Crippen LogP contribution in [0.4, 0.5) is 5.13 Å². The summed E-state index contributed by atoms with van der Waals surface area (Å²) in [5, 5.41) is 9.09. The number of anilines is 1. The fourth-order valence-electron chi connectivity index (χ4n) is 3.47. The summed E-state index contributed by atoms with van der Waals surface area (Å²) in [6.45, 7) is 3.41. The summed E-state index contributed by atoms with van der Waals surface area (Å²) in [6.07, 6.45) is 7.30. The second-order valence-electron chi connectivity index (χ2n) is 7.18. The molecule has 0 saturated carbocycles. The largest absolute Gasteiger partial charge is 0.464 e. The molecular formula is C24H21N5OS. The van der Waals surface area contributed by atoms with E-state index in [1.807, 2.05) is 60.3 Å². The van der Waals surface area contributed by atoms with E-state index in [-0.39, 0.29) is 0 Å². The second-order valence-corrected chi connectivity index (χ2v) is 8.17. The van der Waals surface area contributed by atoms with E-state index in [0.717, 1.165) is 44.8 Å². The minimum absolute atomic E-state index is 0.666. The van der Waals surface area contributed by atoms with E-state index in [1.54, 1.807) is 30.0 Å². The summed E-state index contributed by atoms with van der Waals surface area (Å²) in [7, 11) is 0. The van der Waals surface area contributed by atoms with Crippen LogP contribution in [0.5, 0.6) is 0 Å². The van der Waals surface area contributed by atoms with Gasteiger partial charge in [0.15, 0.2) is 5.13 Å². The fraction of sp³-hybridized carbons (Fsp3) is 0.125. The van der Waals surface area contributed by atoms with Gasteiger partial charge in [-0.05, 0) is 48.4 Å². The lowest BCUT2D eigenvalue weighted by atomic mass is 10.1. The summed E-state index contributed by atoms with van der Waals surface area (Å²) < 4.78 is 7.52. The maximum atomic E-state index is 5.58. The van der Waals surface area contributed by atoms with E-state index in [2.05, 4.69) is 22.4 Å². The first-order valence-corrected chi connectivity index (χ1v) is 10.8. The van der Waals surface area contributed by atoms with Crippen LogP contribution in [0.2, 0.25) is 0 Å². The van der Waals surface area contributed by atoms with Crippen LogP contribution in [0.25, 0.3) is 21.9 Å². The molecule has 0 amide bonds. The Labute approximate surface area is 184 Å². The first kappa shape index (κ1) is 19.3. The number of hydrogen-bond acceptors (Lipinski definition) is 6. The van der Waals surface area contributed by atoms with E-state index in [1.165, 1.54) is 5.56 Å². The summed E-state index contributed by atoms with van der Waals surface area (Å²) >= 11 is 1.62. The van der Waals surface area contributed by atoms with Gasteiger partial charge in [-0.1, -0.05) is 35.6 Å². The maximum absolute atomic E-state index is 5.58. The average Bonchev–Trinajstić information content (AvgIpc) is 3.55. The highest BCUT2D eigenvalue weighted by Gasteiger charge is 2.13. The van der Waals surface area contributed by atoms with Crippen molar-refractivity contribution in [3.8, 4) is 21.9 Å². The Balaban J connectivity index is 1.31. The summed E-state index contributed by atoms with van der Waals surface area (Å²) in [4.78, 5) is 9.86. The van der Waals surface area contributed by atoms with Gasteiger partial charge in [0.2, 0.25) is 0 Å². The molecule has 0 atom stereocenters. The number of aromatic nitrogens is 4. The number of furan rings is 1. The van der Waals surface area contributed by atoms with E-state index in [9.17, 15) is 0 Å². The van der Waals surface area contributed by atoms with Crippen LogP contribution in [-0.2, 0) is 13.1 Å². The van der Waals surface area contributed by atoms with Gasteiger partial charge in [0.05, 0.1) is 23.4 Å². The minimum Gasteiger partial charge on any atom is -0.464 e. The highest BCUT2D eigenvalue weighted by molar-refractivity contribution is 7.19. The number of aryl methyl sites for hydroxylation is 1. The van der Waals surface area contributed by atoms with Gasteiger partial charge in [0.25, 0.3) is 0 Å². The van der Waals surface area contributed by atoms with Crippen molar-refractivity contribution in [3.63, 3.8) is 0 Å². The normalized spacial score (nSPS) is 11.0. The molecule has 4 heterocycles. The van der Waals surface area contributed by atoms with Crippen molar-refractivity contribution in [2.24, 2.45) is 0 Å². The van der Waals surface area contributed by atoms with E-state index >= 15 is 0 Å². The van der Waals surface area contributed by atoms with Crippen LogP contribution in [-0.4, -0.2) is 19.7 Å². The lowest BCUT2D eigenvalue weighted by Gasteiger charge is -2.08. The van der Waals surface area contributed by atoms with Gasteiger partial charge >= 0.3 is 0 Å². The number of benzene rings is 1. The quantitative estimate of drug-likeness (QED) is 0.364. The predicted octanol–water partition coefficient (Wildman–Crippen LogP) is 5.63. The van der Waals surface area contributed by atoms with Gasteiger partial charge in [-0.2, -0.15) is 5.10 Å². The molecule has 0 spiro atoms. The van der Waals surface area contributed by atoms with Gasteiger partial charge in [0.1, 0.15) is 11.5 Å². The molecule has 0 bridgehead atoms. The van der Waals surface area contributed by atoms with Crippen molar-refractivity contribution in [3.05, 3.63) is 96.3 Å². The summed E-state index contributed by atoms with van der Waals surface area (Å²) in [5.74, 6) is 0.869. The van der Waals surface area contributed by atoms with Crippen molar-refractivity contribution in [2.75, 3.05) is 5.32 Å². The molecule has 0 unspecified atom stereocenters. The van der Waals surface area contributed by atoms with Gasteiger partial charge in [-0.3, -0.25) is 9.67 Å². The smallest absolute Gasteiger partial charge is 0.183 e. The zero-order chi connectivity index (χ0) is 21.0. The summed E-state index contributed by atoms with van der Waals surface area (Å²) in [5.41, 5.74) is 5.33.